The Morgan fingerprint density at radius 1 is 1.47 bits per heavy atom. The molecule has 1 saturated heterocycles. The second-order valence-corrected chi connectivity index (χ2v) is 5.58. The molecule has 1 heterocycles. The van der Waals surface area contributed by atoms with E-state index >= 15 is 0 Å². The van der Waals surface area contributed by atoms with Crippen molar-refractivity contribution in [1.82, 2.24) is 0 Å². The van der Waals surface area contributed by atoms with E-state index in [9.17, 15) is 0 Å². The van der Waals surface area contributed by atoms with Crippen LogP contribution in [0.1, 0.15) is 18.4 Å². The monoisotopic (exact) mass is 241 g/mol. The lowest BCUT2D eigenvalue weighted by molar-refractivity contribution is 0.685. The van der Waals surface area contributed by atoms with Crippen LogP contribution < -0.4 is 5.32 Å². The summed E-state index contributed by atoms with van der Waals surface area (Å²) < 4.78 is 0. The predicted octanol–water partition coefficient (Wildman–Crippen LogP) is 3.96. The standard InChI is InChI=1S/C12H16ClNS/c1-9-4-5-10(7-12(9)13)14-11-3-2-6-15-8-11/h4-5,7,11,14H,2-3,6,8H2,1H3/t11-/m0/s1. The van der Waals surface area contributed by atoms with Crippen LogP contribution in [0, 0.1) is 6.92 Å². The molecule has 0 spiro atoms. The molecule has 2 rings (SSSR count). The zero-order valence-electron chi connectivity index (χ0n) is 8.92. The summed E-state index contributed by atoms with van der Waals surface area (Å²) in [5.41, 5.74) is 2.29. The van der Waals surface area contributed by atoms with Crippen LogP contribution in [-0.4, -0.2) is 17.5 Å². The molecule has 15 heavy (non-hydrogen) atoms. The molecular weight excluding hydrogens is 226 g/mol. The molecule has 0 bridgehead atoms. The number of aryl methyl sites for hydroxylation is 1. The summed E-state index contributed by atoms with van der Waals surface area (Å²) in [4.78, 5) is 0. The SMILES string of the molecule is Cc1ccc(N[C@H]2CCCSC2)cc1Cl. The van der Waals surface area contributed by atoms with Gasteiger partial charge in [-0.2, -0.15) is 11.8 Å². The Hall–Kier alpha value is -0.340. The summed E-state index contributed by atoms with van der Waals surface area (Å²) in [7, 11) is 0. The molecule has 0 saturated carbocycles. The van der Waals surface area contributed by atoms with Gasteiger partial charge in [0, 0.05) is 22.5 Å². The van der Waals surface area contributed by atoms with Crippen LogP contribution in [-0.2, 0) is 0 Å². The summed E-state index contributed by atoms with van der Waals surface area (Å²) in [6.07, 6.45) is 2.60. The smallest absolute Gasteiger partial charge is 0.0455 e. The number of thioether (sulfide) groups is 1. The number of rotatable bonds is 2. The summed E-state index contributed by atoms with van der Waals surface area (Å²) >= 11 is 8.12. The van der Waals surface area contributed by atoms with Crippen molar-refractivity contribution in [2.75, 3.05) is 16.8 Å². The number of halogens is 1. The maximum absolute atomic E-state index is 6.09. The van der Waals surface area contributed by atoms with Crippen LogP contribution in [0.5, 0.6) is 0 Å². The molecule has 1 aliphatic heterocycles. The molecule has 1 fully saturated rings. The third-order valence-electron chi connectivity index (χ3n) is 2.70. The summed E-state index contributed by atoms with van der Waals surface area (Å²) in [5.74, 6) is 2.53. The van der Waals surface area contributed by atoms with Gasteiger partial charge in [0.05, 0.1) is 0 Å². The van der Waals surface area contributed by atoms with Gasteiger partial charge in [-0.05, 0) is 43.2 Å². The zero-order chi connectivity index (χ0) is 10.7. The Morgan fingerprint density at radius 2 is 2.33 bits per heavy atom. The van der Waals surface area contributed by atoms with Gasteiger partial charge >= 0.3 is 0 Å². The Labute approximate surface area is 101 Å². The van der Waals surface area contributed by atoms with Gasteiger partial charge in [-0.3, -0.25) is 0 Å². The van der Waals surface area contributed by atoms with Crippen LogP contribution in [0.15, 0.2) is 18.2 Å². The Bertz CT molecular complexity index is 334. The van der Waals surface area contributed by atoms with Gasteiger partial charge in [0.25, 0.3) is 0 Å². The highest BCUT2D eigenvalue weighted by atomic mass is 35.5. The van der Waals surface area contributed by atoms with Crippen molar-refractivity contribution in [2.45, 2.75) is 25.8 Å². The number of nitrogens with one attached hydrogen (secondary N) is 1. The molecule has 0 unspecified atom stereocenters. The number of anilines is 1. The Kier molecular flexibility index (Phi) is 3.81. The van der Waals surface area contributed by atoms with Gasteiger partial charge in [0.1, 0.15) is 0 Å². The van der Waals surface area contributed by atoms with Crippen molar-refractivity contribution < 1.29 is 0 Å². The maximum atomic E-state index is 6.09. The molecule has 1 aromatic rings. The molecular formula is C12H16ClNS. The van der Waals surface area contributed by atoms with E-state index in [0.29, 0.717) is 6.04 Å². The van der Waals surface area contributed by atoms with E-state index in [1.807, 2.05) is 24.8 Å². The Balaban J connectivity index is 2.00. The third kappa shape index (κ3) is 3.05. The van der Waals surface area contributed by atoms with E-state index in [1.165, 1.54) is 24.3 Å². The van der Waals surface area contributed by atoms with E-state index in [0.717, 1.165) is 16.3 Å². The maximum Gasteiger partial charge on any atom is 0.0455 e. The van der Waals surface area contributed by atoms with Crippen molar-refractivity contribution in [3.63, 3.8) is 0 Å². The quantitative estimate of drug-likeness (QED) is 0.841. The molecule has 0 aliphatic carbocycles. The molecule has 1 nitrogen and oxygen atoms in total. The lowest BCUT2D eigenvalue weighted by atomic mass is 10.1. The second kappa shape index (κ2) is 5.13. The average molecular weight is 242 g/mol. The van der Waals surface area contributed by atoms with E-state index < -0.39 is 0 Å². The van der Waals surface area contributed by atoms with Crippen molar-refractivity contribution in [3.8, 4) is 0 Å². The molecule has 82 valence electrons. The number of benzene rings is 1. The first-order valence-corrected chi connectivity index (χ1v) is 6.89. The van der Waals surface area contributed by atoms with Gasteiger partial charge in [-0.15, -0.1) is 0 Å². The lowest BCUT2D eigenvalue weighted by Crippen LogP contribution is -2.25. The number of hydrogen-bond acceptors (Lipinski definition) is 2. The van der Waals surface area contributed by atoms with E-state index in [2.05, 4.69) is 17.4 Å². The van der Waals surface area contributed by atoms with Crippen LogP contribution in [0.25, 0.3) is 0 Å². The van der Waals surface area contributed by atoms with Gasteiger partial charge < -0.3 is 5.32 Å². The highest BCUT2D eigenvalue weighted by Crippen LogP contribution is 2.24. The molecule has 0 aromatic heterocycles. The normalized spacial score (nSPS) is 21.3. The van der Waals surface area contributed by atoms with E-state index in [1.54, 1.807) is 0 Å². The first-order chi connectivity index (χ1) is 7.25. The molecule has 3 heteroatoms. The first kappa shape index (κ1) is 11.2. The summed E-state index contributed by atoms with van der Waals surface area (Å²) in [5, 5.41) is 4.39. The van der Waals surface area contributed by atoms with Crippen LogP contribution in [0.3, 0.4) is 0 Å². The van der Waals surface area contributed by atoms with Crippen molar-refractivity contribution in [2.24, 2.45) is 0 Å². The summed E-state index contributed by atoms with van der Waals surface area (Å²) in [6, 6.07) is 6.82. The van der Waals surface area contributed by atoms with Crippen molar-refractivity contribution in [3.05, 3.63) is 28.8 Å². The molecule has 1 aromatic carbocycles. The fraction of sp³-hybridized carbons (Fsp3) is 0.500. The largest absolute Gasteiger partial charge is 0.381 e. The third-order valence-corrected chi connectivity index (χ3v) is 4.33. The van der Waals surface area contributed by atoms with Crippen LogP contribution >= 0.6 is 23.4 Å². The molecule has 1 aliphatic rings. The second-order valence-electron chi connectivity index (χ2n) is 4.02. The minimum absolute atomic E-state index is 0.613. The zero-order valence-corrected chi connectivity index (χ0v) is 10.5. The summed E-state index contributed by atoms with van der Waals surface area (Å²) in [6.45, 7) is 2.03. The molecule has 1 atom stereocenters. The average Bonchev–Trinajstić information content (AvgIpc) is 2.25. The van der Waals surface area contributed by atoms with Crippen LogP contribution in [0.2, 0.25) is 5.02 Å². The lowest BCUT2D eigenvalue weighted by Gasteiger charge is -2.23. The number of hydrogen-bond donors (Lipinski definition) is 1. The Morgan fingerprint density at radius 3 is 3.00 bits per heavy atom. The first-order valence-electron chi connectivity index (χ1n) is 5.36. The van der Waals surface area contributed by atoms with Gasteiger partial charge in [-0.25, -0.2) is 0 Å². The fourth-order valence-corrected chi connectivity index (χ4v) is 3.03. The van der Waals surface area contributed by atoms with Crippen molar-refractivity contribution in [1.29, 1.82) is 0 Å². The van der Waals surface area contributed by atoms with Gasteiger partial charge in [0.15, 0.2) is 0 Å². The minimum atomic E-state index is 0.613. The highest BCUT2D eigenvalue weighted by molar-refractivity contribution is 7.99. The highest BCUT2D eigenvalue weighted by Gasteiger charge is 2.13. The van der Waals surface area contributed by atoms with Gasteiger partial charge in [0.2, 0.25) is 0 Å². The van der Waals surface area contributed by atoms with Crippen LogP contribution in [0.4, 0.5) is 5.69 Å². The fourth-order valence-electron chi connectivity index (χ4n) is 1.77. The van der Waals surface area contributed by atoms with Crippen molar-refractivity contribution >= 4 is 29.1 Å². The molecule has 0 amide bonds. The van der Waals surface area contributed by atoms with E-state index in [-0.39, 0.29) is 0 Å². The van der Waals surface area contributed by atoms with Gasteiger partial charge in [-0.1, -0.05) is 17.7 Å². The molecule has 0 radical (unpaired) electrons. The topological polar surface area (TPSA) is 12.0 Å². The van der Waals surface area contributed by atoms with E-state index in [4.69, 9.17) is 11.6 Å². The molecule has 1 N–H and O–H groups in total. The minimum Gasteiger partial charge on any atom is -0.381 e. The predicted molar refractivity (Wildman–Crippen MR) is 70.2 cm³/mol.